The SMILES string of the molecule is Nc1cccc(OC2CC2)c1I. The van der Waals surface area contributed by atoms with E-state index in [1.165, 1.54) is 12.8 Å². The molecule has 3 heteroatoms. The lowest BCUT2D eigenvalue weighted by Gasteiger charge is -2.07. The van der Waals surface area contributed by atoms with Gasteiger partial charge in [0.1, 0.15) is 5.75 Å². The molecular weight excluding hydrogens is 265 g/mol. The molecule has 64 valence electrons. The number of hydrogen-bond acceptors (Lipinski definition) is 2. The van der Waals surface area contributed by atoms with Crippen LogP contribution in [0.4, 0.5) is 5.69 Å². The zero-order valence-electron chi connectivity index (χ0n) is 6.59. The molecule has 0 spiro atoms. The van der Waals surface area contributed by atoms with Crippen LogP contribution in [0.3, 0.4) is 0 Å². The first kappa shape index (κ1) is 8.16. The zero-order chi connectivity index (χ0) is 8.55. The van der Waals surface area contributed by atoms with Crippen molar-refractivity contribution < 1.29 is 4.74 Å². The van der Waals surface area contributed by atoms with Crippen molar-refractivity contribution in [3.05, 3.63) is 21.8 Å². The molecule has 0 amide bonds. The molecule has 0 saturated heterocycles. The van der Waals surface area contributed by atoms with E-state index in [0.29, 0.717) is 6.10 Å². The average molecular weight is 275 g/mol. The highest BCUT2D eigenvalue weighted by atomic mass is 127. The molecule has 0 aromatic heterocycles. The normalized spacial score (nSPS) is 16.1. The molecule has 0 radical (unpaired) electrons. The number of benzene rings is 1. The van der Waals surface area contributed by atoms with Crippen LogP contribution < -0.4 is 10.5 Å². The maximum absolute atomic E-state index is 5.73. The second-order valence-corrected chi connectivity index (χ2v) is 4.06. The third kappa shape index (κ3) is 1.65. The van der Waals surface area contributed by atoms with E-state index in [-0.39, 0.29) is 0 Å². The van der Waals surface area contributed by atoms with Crippen LogP contribution in [-0.4, -0.2) is 6.10 Å². The average Bonchev–Trinajstić information content (AvgIpc) is 2.83. The topological polar surface area (TPSA) is 35.2 Å². The molecule has 2 nitrogen and oxygen atoms in total. The molecule has 1 aliphatic carbocycles. The van der Waals surface area contributed by atoms with Crippen LogP contribution in [0.5, 0.6) is 5.75 Å². The fourth-order valence-corrected chi connectivity index (χ4v) is 1.47. The van der Waals surface area contributed by atoms with Crippen molar-refractivity contribution >= 4 is 28.3 Å². The van der Waals surface area contributed by atoms with E-state index in [2.05, 4.69) is 22.6 Å². The first-order chi connectivity index (χ1) is 5.77. The Kier molecular flexibility index (Phi) is 2.12. The Morgan fingerprint density at radius 1 is 1.42 bits per heavy atom. The van der Waals surface area contributed by atoms with Crippen molar-refractivity contribution in [2.24, 2.45) is 0 Å². The summed E-state index contributed by atoms with van der Waals surface area (Å²) in [5.41, 5.74) is 6.53. The lowest BCUT2D eigenvalue weighted by atomic mass is 10.3. The molecule has 0 unspecified atom stereocenters. The highest BCUT2D eigenvalue weighted by molar-refractivity contribution is 14.1. The Morgan fingerprint density at radius 3 is 2.83 bits per heavy atom. The van der Waals surface area contributed by atoms with E-state index < -0.39 is 0 Å². The highest BCUT2D eigenvalue weighted by Crippen LogP contribution is 2.32. The highest BCUT2D eigenvalue weighted by Gasteiger charge is 2.24. The number of hydrogen-bond donors (Lipinski definition) is 1. The van der Waals surface area contributed by atoms with Crippen LogP contribution in [0.1, 0.15) is 12.8 Å². The monoisotopic (exact) mass is 275 g/mol. The van der Waals surface area contributed by atoms with Crippen LogP contribution in [0.15, 0.2) is 18.2 Å². The van der Waals surface area contributed by atoms with Crippen LogP contribution >= 0.6 is 22.6 Å². The van der Waals surface area contributed by atoms with E-state index in [0.717, 1.165) is 15.0 Å². The van der Waals surface area contributed by atoms with E-state index >= 15 is 0 Å². The van der Waals surface area contributed by atoms with Gasteiger partial charge in [0.2, 0.25) is 0 Å². The molecule has 2 rings (SSSR count). The zero-order valence-corrected chi connectivity index (χ0v) is 8.74. The van der Waals surface area contributed by atoms with Gasteiger partial charge in [0.25, 0.3) is 0 Å². The minimum atomic E-state index is 0.445. The number of rotatable bonds is 2. The number of anilines is 1. The summed E-state index contributed by atoms with van der Waals surface area (Å²) in [5, 5.41) is 0. The predicted molar refractivity (Wildman–Crippen MR) is 57.2 cm³/mol. The Labute approximate surface area is 85.2 Å². The number of halogens is 1. The molecule has 1 fully saturated rings. The maximum atomic E-state index is 5.73. The second kappa shape index (κ2) is 3.12. The number of nitrogens with two attached hydrogens (primary N) is 1. The quantitative estimate of drug-likeness (QED) is 0.664. The van der Waals surface area contributed by atoms with Gasteiger partial charge in [0, 0.05) is 5.69 Å². The minimum absolute atomic E-state index is 0.445. The van der Waals surface area contributed by atoms with Crippen LogP contribution in [-0.2, 0) is 0 Å². The minimum Gasteiger partial charge on any atom is -0.489 e. The van der Waals surface area contributed by atoms with Gasteiger partial charge in [-0.1, -0.05) is 6.07 Å². The Bertz CT molecular complexity index is 297. The Hall–Kier alpha value is -0.450. The van der Waals surface area contributed by atoms with Crippen molar-refractivity contribution in [1.82, 2.24) is 0 Å². The summed E-state index contributed by atoms with van der Waals surface area (Å²) in [6, 6.07) is 5.78. The van der Waals surface area contributed by atoms with Gasteiger partial charge >= 0.3 is 0 Å². The molecular formula is C9H10INO. The Morgan fingerprint density at radius 2 is 2.17 bits per heavy atom. The maximum Gasteiger partial charge on any atom is 0.135 e. The van der Waals surface area contributed by atoms with Crippen molar-refractivity contribution in [3.63, 3.8) is 0 Å². The van der Waals surface area contributed by atoms with E-state index in [1.54, 1.807) is 0 Å². The summed E-state index contributed by atoms with van der Waals surface area (Å²) in [7, 11) is 0. The van der Waals surface area contributed by atoms with Crippen molar-refractivity contribution in [2.75, 3.05) is 5.73 Å². The van der Waals surface area contributed by atoms with Gasteiger partial charge in [-0.2, -0.15) is 0 Å². The summed E-state index contributed by atoms with van der Waals surface area (Å²) in [4.78, 5) is 0. The third-order valence-electron chi connectivity index (χ3n) is 1.81. The standard InChI is InChI=1S/C9H10INO/c10-9-7(11)2-1-3-8(9)12-6-4-5-6/h1-3,6H,4-5,11H2. The van der Waals surface area contributed by atoms with Gasteiger partial charge in [-0.3, -0.25) is 0 Å². The molecule has 0 atom stereocenters. The van der Waals surface area contributed by atoms with Gasteiger partial charge in [0.15, 0.2) is 0 Å². The summed E-state index contributed by atoms with van der Waals surface area (Å²) in [6.07, 6.45) is 2.82. The molecule has 1 aliphatic rings. The molecule has 0 bridgehead atoms. The summed E-state index contributed by atoms with van der Waals surface area (Å²) in [5.74, 6) is 0.929. The van der Waals surface area contributed by atoms with Crippen molar-refractivity contribution in [2.45, 2.75) is 18.9 Å². The van der Waals surface area contributed by atoms with Crippen LogP contribution in [0, 0.1) is 3.57 Å². The first-order valence-corrected chi connectivity index (χ1v) is 5.06. The number of ether oxygens (including phenoxy) is 1. The van der Waals surface area contributed by atoms with Gasteiger partial charge in [0.05, 0.1) is 9.67 Å². The molecule has 2 N–H and O–H groups in total. The van der Waals surface area contributed by atoms with Crippen LogP contribution in [0.25, 0.3) is 0 Å². The Balaban J connectivity index is 2.23. The molecule has 1 aromatic rings. The summed E-state index contributed by atoms with van der Waals surface area (Å²) < 4.78 is 6.68. The lowest BCUT2D eigenvalue weighted by Crippen LogP contribution is -1.99. The lowest BCUT2D eigenvalue weighted by molar-refractivity contribution is 0.301. The summed E-state index contributed by atoms with van der Waals surface area (Å²) >= 11 is 2.22. The fraction of sp³-hybridized carbons (Fsp3) is 0.333. The third-order valence-corrected chi connectivity index (χ3v) is 2.97. The van der Waals surface area contributed by atoms with Gasteiger partial charge in [-0.15, -0.1) is 0 Å². The molecule has 1 saturated carbocycles. The van der Waals surface area contributed by atoms with Gasteiger partial charge < -0.3 is 10.5 Å². The van der Waals surface area contributed by atoms with Crippen molar-refractivity contribution in [1.29, 1.82) is 0 Å². The first-order valence-electron chi connectivity index (χ1n) is 3.98. The van der Waals surface area contributed by atoms with E-state index in [9.17, 15) is 0 Å². The van der Waals surface area contributed by atoms with E-state index in [4.69, 9.17) is 10.5 Å². The molecule has 1 aromatic carbocycles. The second-order valence-electron chi connectivity index (χ2n) is 2.98. The van der Waals surface area contributed by atoms with Crippen LogP contribution in [0.2, 0.25) is 0 Å². The molecule has 0 heterocycles. The van der Waals surface area contributed by atoms with E-state index in [1.807, 2.05) is 18.2 Å². The predicted octanol–water partition coefficient (Wildman–Crippen LogP) is 2.41. The smallest absolute Gasteiger partial charge is 0.135 e. The largest absolute Gasteiger partial charge is 0.489 e. The summed E-state index contributed by atoms with van der Waals surface area (Å²) in [6.45, 7) is 0. The van der Waals surface area contributed by atoms with Crippen molar-refractivity contribution in [3.8, 4) is 5.75 Å². The molecule has 0 aliphatic heterocycles. The number of nitrogen functional groups attached to an aromatic ring is 1. The molecule has 12 heavy (non-hydrogen) atoms. The van der Waals surface area contributed by atoms with Gasteiger partial charge in [-0.25, -0.2) is 0 Å². The van der Waals surface area contributed by atoms with Gasteiger partial charge in [-0.05, 0) is 47.6 Å². The fourth-order valence-electron chi connectivity index (χ4n) is 0.984.